The minimum Gasteiger partial charge on any atom is -0.484 e. The van der Waals surface area contributed by atoms with Gasteiger partial charge in [0.25, 0.3) is 11.8 Å². The number of benzene rings is 2. The van der Waals surface area contributed by atoms with Crippen LogP contribution in [-0.2, 0) is 14.3 Å². The van der Waals surface area contributed by atoms with E-state index >= 15 is 0 Å². The average molecular weight is 399 g/mol. The number of amides is 2. The first kappa shape index (κ1) is 20.1. The number of carbonyl (C=O) groups is 3. The molecule has 0 heterocycles. The Morgan fingerprint density at radius 2 is 1.44 bits per heavy atom. The molecule has 142 valence electrons. The van der Waals surface area contributed by atoms with Gasteiger partial charge in [0.2, 0.25) is 0 Å². The SMILES string of the molecule is O=C(COC(=O)c1cc(F)cc(F)c1)NNC(=O)COc1ccc(Cl)cc1. The average Bonchev–Trinajstić information content (AvgIpc) is 2.63. The molecule has 10 heteroatoms. The van der Waals surface area contributed by atoms with Crippen LogP contribution in [0.1, 0.15) is 10.4 Å². The van der Waals surface area contributed by atoms with Gasteiger partial charge in [-0.3, -0.25) is 20.4 Å². The Labute approximate surface area is 157 Å². The van der Waals surface area contributed by atoms with Crippen LogP contribution < -0.4 is 15.6 Å². The van der Waals surface area contributed by atoms with E-state index in [1.807, 2.05) is 10.9 Å². The lowest BCUT2D eigenvalue weighted by Crippen LogP contribution is -2.45. The fourth-order valence-corrected chi connectivity index (χ4v) is 1.90. The third-order valence-electron chi connectivity index (χ3n) is 2.96. The molecule has 2 amide bonds. The van der Waals surface area contributed by atoms with Gasteiger partial charge in [-0.2, -0.15) is 0 Å². The molecule has 0 aliphatic carbocycles. The lowest BCUT2D eigenvalue weighted by atomic mass is 10.2. The molecule has 0 saturated carbocycles. The van der Waals surface area contributed by atoms with Crippen LogP contribution in [0.2, 0.25) is 5.02 Å². The van der Waals surface area contributed by atoms with Gasteiger partial charge in [0.1, 0.15) is 17.4 Å². The van der Waals surface area contributed by atoms with Crippen molar-refractivity contribution in [1.29, 1.82) is 0 Å². The predicted octanol–water partition coefficient (Wildman–Crippen LogP) is 2.00. The third kappa shape index (κ3) is 6.90. The standard InChI is InChI=1S/C17H13ClF2N2O5/c18-11-1-3-14(4-2-11)26-8-15(23)21-22-16(24)9-27-17(25)10-5-12(19)7-13(20)6-10/h1-7H,8-9H2,(H,21,23)(H,22,24). The van der Waals surface area contributed by atoms with Gasteiger partial charge in [-0.1, -0.05) is 11.6 Å². The second-order valence-corrected chi connectivity index (χ2v) is 5.51. The summed E-state index contributed by atoms with van der Waals surface area (Å²) in [6.45, 7) is -1.15. The topological polar surface area (TPSA) is 93.7 Å². The summed E-state index contributed by atoms with van der Waals surface area (Å²) in [7, 11) is 0. The zero-order valence-corrected chi connectivity index (χ0v) is 14.4. The molecular weight excluding hydrogens is 386 g/mol. The molecule has 7 nitrogen and oxygen atoms in total. The van der Waals surface area contributed by atoms with Crippen LogP contribution in [0.4, 0.5) is 8.78 Å². The molecule has 2 aromatic carbocycles. The van der Waals surface area contributed by atoms with Crippen molar-refractivity contribution in [2.75, 3.05) is 13.2 Å². The van der Waals surface area contributed by atoms with Gasteiger partial charge < -0.3 is 9.47 Å². The van der Waals surface area contributed by atoms with E-state index in [9.17, 15) is 23.2 Å². The van der Waals surface area contributed by atoms with Crippen LogP contribution in [0.15, 0.2) is 42.5 Å². The van der Waals surface area contributed by atoms with Crippen LogP contribution in [0.3, 0.4) is 0 Å². The van der Waals surface area contributed by atoms with Crippen LogP contribution in [0.5, 0.6) is 5.75 Å². The summed E-state index contributed by atoms with van der Waals surface area (Å²) in [4.78, 5) is 34.7. The molecule has 2 rings (SSSR count). The summed E-state index contributed by atoms with van der Waals surface area (Å²) in [5.41, 5.74) is 3.65. The number of rotatable bonds is 6. The maximum absolute atomic E-state index is 13.0. The molecule has 0 bridgehead atoms. The molecule has 2 aromatic rings. The zero-order valence-electron chi connectivity index (χ0n) is 13.6. The Morgan fingerprint density at radius 1 is 0.889 bits per heavy atom. The number of halogens is 3. The molecule has 0 spiro atoms. The van der Waals surface area contributed by atoms with Crippen molar-refractivity contribution in [1.82, 2.24) is 10.9 Å². The number of hydrogen-bond donors (Lipinski definition) is 2. The quantitative estimate of drug-likeness (QED) is 0.573. The zero-order chi connectivity index (χ0) is 19.8. The van der Waals surface area contributed by atoms with Crippen molar-refractivity contribution in [3.63, 3.8) is 0 Å². The highest BCUT2D eigenvalue weighted by molar-refractivity contribution is 6.30. The molecule has 0 fully saturated rings. The van der Waals surface area contributed by atoms with Crippen LogP contribution in [-0.4, -0.2) is 31.0 Å². The molecule has 0 unspecified atom stereocenters. The predicted molar refractivity (Wildman–Crippen MR) is 89.9 cm³/mol. The Kier molecular flexibility index (Phi) is 7.07. The summed E-state index contributed by atoms with van der Waals surface area (Å²) in [6.07, 6.45) is 0. The normalized spacial score (nSPS) is 10.0. The van der Waals surface area contributed by atoms with Gasteiger partial charge in [-0.25, -0.2) is 13.6 Å². The van der Waals surface area contributed by atoms with E-state index in [0.717, 1.165) is 12.1 Å². The Balaban J connectivity index is 1.70. The fourth-order valence-electron chi connectivity index (χ4n) is 1.78. The first-order valence-electron chi connectivity index (χ1n) is 7.43. The maximum atomic E-state index is 13.0. The van der Waals surface area contributed by atoms with Crippen LogP contribution >= 0.6 is 11.6 Å². The Bertz CT molecular complexity index is 825. The first-order chi connectivity index (χ1) is 12.8. The summed E-state index contributed by atoms with van der Waals surface area (Å²) in [5, 5.41) is 0.509. The van der Waals surface area contributed by atoms with Crippen molar-refractivity contribution < 1.29 is 32.6 Å². The van der Waals surface area contributed by atoms with E-state index in [-0.39, 0.29) is 12.2 Å². The number of carbonyl (C=O) groups excluding carboxylic acids is 3. The van der Waals surface area contributed by atoms with Gasteiger partial charge in [0.15, 0.2) is 13.2 Å². The van der Waals surface area contributed by atoms with Crippen LogP contribution in [0.25, 0.3) is 0 Å². The molecule has 0 saturated heterocycles. The second-order valence-electron chi connectivity index (χ2n) is 5.07. The van der Waals surface area contributed by atoms with E-state index in [2.05, 4.69) is 4.74 Å². The Morgan fingerprint density at radius 3 is 2.04 bits per heavy atom. The maximum Gasteiger partial charge on any atom is 0.338 e. The molecule has 0 aliphatic heterocycles. The fraction of sp³-hybridized carbons (Fsp3) is 0.118. The van der Waals surface area contributed by atoms with E-state index in [1.165, 1.54) is 0 Å². The second kappa shape index (κ2) is 9.48. The number of hydrogen-bond acceptors (Lipinski definition) is 5. The molecule has 0 atom stereocenters. The lowest BCUT2D eigenvalue weighted by Gasteiger charge is -2.09. The van der Waals surface area contributed by atoms with E-state index in [0.29, 0.717) is 16.8 Å². The number of hydrazine groups is 1. The summed E-state index contributed by atoms with van der Waals surface area (Å²) < 4.78 is 35.8. The van der Waals surface area contributed by atoms with Gasteiger partial charge >= 0.3 is 5.97 Å². The van der Waals surface area contributed by atoms with Crippen molar-refractivity contribution in [3.8, 4) is 5.75 Å². The Hall–Kier alpha value is -3.20. The van der Waals surface area contributed by atoms with Crippen molar-refractivity contribution in [2.45, 2.75) is 0 Å². The molecule has 0 radical (unpaired) electrons. The summed E-state index contributed by atoms with van der Waals surface area (Å²) in [6, 6.07) is 8.39. The molecule has 0 aromatic heterocycles. The minimum atomic E-state index is -1.10. The first-order valence-corrected chi connectivity index (χ1v) is 7.80. The van der Waals surface area contributed by atoms with Gasteiger partial charge in [-0.15, -0.1) is 0 Å². The van der Waals surface area contributed by atoms with Crippen molar-refractivity contribution >= 4 is 29.4 Å². The highest BCUT2D eigenvalue weighted by atomic mass is 35.5. The van der Waals surface area contributed by atoms with Gasteiger partial charge in [0.05, 0.1) is 5.56 Å². The van der Waals surface area contributed by atoms with Gasteiger partial charge in [0, 0.05) is 11.1 Å². The van der Waals surface area contributed by atoms with E-state index in [4.69, 9.17) is 16.3 Å². The van der Waals surface area contributed by atoms with Crippen LogP contribution in [0, 0.1) is 11.6 Å². The molecule has 0 aliphatic rings. The van der Waals surface area contributed by atoms with E-state index < -0.39 is 36.0 Å². The van der Waals surface area contributed by atoms with Crippen molar-refractivity contribution in [3.05, 3.63) is 64.7 Å². The highest BCUT2D eigenvalue weighted by Gasteiger charge is 2.13. The summed E-state index contributed by atoms with van der Waals surface area (Å²) in [5.74, 6) is -4.14. The lowest BCUT2D eigenvalue weighted by molar-refractivity contribution is -0.131. The van der Waals surface area contributed by atoms with Crippen molar-refractivity contribution in [2.24, 2.45) is 0 Å². The van der Waals surface area contributed by atoms with Gasteiger partial charge in [-0.05, 0) is 36.4 Å². The molecule has 27 heavy (non-hydrogen) atoms. The summed E-state index contributed by atoms with van der Waals surface area (Å²) >= 11 is 5.71. The molecule has 2 N–H and O–H groups in total. The largest absolute Gasteiger partial charge is 0.484 e. The number of ether oxygens (including phenoxy) is 2. The minimum absolute atomic E-state index is 0.385. The monoisotopic (exact) mass is 398 g/mol. The highest BCUT2D eigenvalue weighted by Crippen LogP contribution is 2.15. The molecular formula is C17H13ClF2N2O5. The third-order valence-corrected chi connectivity index (χ3v) is 3.21. The number of esters is 1. The van der Waals surface area contributed by atoms with E-state index in [1.54, 1.807) is 24.3 Å². The number of nitrogens with one attached hydrogen (secondary N) is 2. The smallest absolute Gasteiger partial charge is 0.338 e.